The number of halogens is 1. The minimum atomic E-state index is -2.61. The second-order valence-corrected chi connectivity index (χ2v) is 0.692. The molecule has 6 N–H and O–H groups in total. The second-order valence-electron chi connectivity index (χ2n) is 0.231. The molecule has 50 valence electrons. The molecule has 8 heteroatoms. The van der Waals surface area contributed by atoms with Gasteiger partial charge in [0.15, 0.2) is 0 Å². The van der Waals surface area contributed by atoms with Gasteiger partial charge in [0.1, 0.15) is 0 Å². The molecule has 0 aliphatic rings. The van der Waals surface area contributed by atoms with Crippen molar-refractivity contribution in [2.75, 3.05) is 0 Å². The Morgan fingerprint density at radius 1 is 1.12 bits per heavy atom. The van der Waals surface area contributed by atoms with Gasteiger partial charge < -0.3 is 23.4 Å². The molecule has 0 aliphatic carbocycles. The van der Waals surface area contributed by atoms with Crippen LogP contribution in [0, 0.1) is 0 Å². The first kappa shape index (κ1) is 34.7. The molecule has 0 saturated heterocycles. The zero-order valence-electron chi connectivity index (χ0n) is 4.09. The molecule has 0 unspecified atom stereocenters. The van der Waals surface area contributed by atoms with E-state index in [-0.39, 0.29) is 52.9 Å². The zero-order valence-corrected chi connectivity index (χ0v) is 7.66. The summed E-state index contributed by atoms with van der Waals surface area (Å²) in [6.07, 6.45) is 0. The average molecular weight is 177 g/mol. The van der Waals surface area contributed by atoms with E-state index < -0.39 is 11.4 Å². The van der Waals surface area contributed by atoms with Crippen LogP contribution in [0.1, 0.15) is 0 Å². The van der Waals surface area contributed by atoms with Gasteiger partial charge in [-0.2, -0.15) is 4.21 Å². The summed E-state index contributed by atoms with van der Waals surface area (Å²) in [4.78, 5) is 0. The van der Waals surface area contributed by atoms with E-state index in [1.807, 2.05) is 0 Å². The van der Waals surface area contributed by atoms with E-state index in [1.165, 1.54) is 0 Å². The van der Waals surface area contributed by atoms with Crippen molar-refractivity contribution in [3.63, 3.8) is 0 Å². The smallest absolute Gasteiger partial charge is 1.00 e. The van der Waals surface area contributed by atoms with Gasteiger partial charge in [0.05, 0.1) is 0 Å². The van der Waals surface area contributed by atoms with Crippen LogP contribution in [0.3, 0.4) is 0 Å². The molecule has 0 aliphatic heterocycles. The molecule has 8 heavy (non-hydrogen) atoms. The molecule has 0 spiro atoms. The minimum absolute atomic E-state index is 0. The summed E-state index contributed by atoms with van der Waals surface area (Å²) in [6.45, 7) is 0. The quantitative estimate of drug-likeness (QED) is 0.282. The van der Waals surface area contributed by atoms with E-state index in [4.69, 9.17) is 13.3 Å². The molecule has 0 atom stereocenters. The van der Waals surface area contributed by atoms with Crippen molar-refractivity contribution >= 4 is 11.4 Å². The van der Waals surface area contributed by atoms with Crippen molar-refractivity contribution in [1.82, 2.24) is 0 Å². The SMILES string of the molecule is O.O.O=S(O)O.[Cl-].[Na+]. The third kappa shape index (κ3) is 175. The van der Waals surface area contributed by atoms with Crippen LogP contribution >= 0.6 is 0 Å². The largest absolute Gasteiger partial charge is 1.00 e. The topological polar surface area (TPSA) is 121 Å². The maximum atomic E-state index is 8.67. The van der Waals surface area contributed by atoms with Crippen LogP contribution in [-0.2, 0) is 11.4 Å². The van der Waals surface area contributed by atoms with Gasteiger partial charge in [0, 0.05) is 0 Å². The standard InChI is InChI=1S/ClH.Na.H2O3S.2H2O/c;;1-4(2)3;;/h1H;;(H2,1,2,3);2*1H2/q;+1;;;/p-1. The Bertz CT molecular complexity index is 35.4. The monoisotopic (exact) mass is 176 g/mol. The van der Waals surface area contributed by atoms with Crippen molar-refractivity contribution in [1.29, 1.82) is 0 Å². The maximum absolute atomic E-state index is 8.67. The van der Waals surface area contributed by atoms with Crippen LogP contribution in [0.15, 0.2) is 0 Å². The second kappa shape index (κ2) is 24.0. The Morgan fingerprint density at radius 3 is 1.12 bits per heavy atom. The van der Waals surface area contributed by atoms with Crippen molar-refractivity contribution in [3.8, 4) is 0 Å². The van der Waals surface area contributed by atoms with Crippen LogP contribution in [0.4, 0.5) is 0 Å². The number of hydrogen-bond acceptors (Lipinski definition) is 1. The van der Waals surface area contributed by atoms with E-state index in [2.05, 4.69) is 0 Å². The summed E-state index contributed by atoms with van der Waals surface area (Å²) in [6, 6.07) is 0. The molecule has 0 rings (SSSR count). The Kier molecular flexibility index (Phi) is 104. The van der Waals surface area contributed by atoms with Crippen LogP contribution < -0.4 is 42.0 Å². The third-order valence-corrected chi connectivity index (χ3v) is 0. The Labute approximate surface area is 77.3 Å². The fourth-order valence-corrected chi connectivity index (χ4v) is 0. The van der Waals surface area contributed by atoms with E-state index >= 15 is 0 Å². The van der Waals surface area contributed by atoms with Crippen molar-refractivity contribution in [2.45, 2.75) is 0 Å². The average Bonchev–Trinajstić information content (AvgIpc) is 0.811. The molecule has 0 bridgehead atoms. The van der Waals surface area contributed by atoms with Crippen LogP contribution in [0.2, 0.25) is 0 Å². The Balaban J connectivity index is -0.00000000750. The molecule has 0 heterocycles. The molecular formula is H6ClNaO5S. The van der Waals surface area contributed by atoms with Gasteiger partial charge in [-0.3, -0.25) is 9.11 Å². The Morgan fingerprint density at radius 2 is 1.12 bits per heavy atom. The number of hydrogen-bond donors (Lipinski definition) is 2. The maximum Gasteiger partial charge on any atom is 1.00 e. The van der Waals surface area contributed by atoms with Crippen molar-refractivity contribution in [2.24, 2.45) is 0 Å². The minimum Gasteiger partial charge on any atom is -1.00 e. The van der Waals surface area contributed by atoms with Gasteiger partial charge in [-0.25, -0.2) is 0 Å². The van der Waals surface area contributed by atoms with Crippen LogP contribution in [-0.4, -0.2) is 24.3 Å². The van der Waals surface area contributed by atoms with E-state index in [9.17, 15) is 0 Å². The molecular weight excluding hydrogens is 171 g/mol. The zero-order chi connectivity index (χ0) is 3.58. The predicted octanol–water partition coefficient (Wildman–Crippen LogP) is -7.96. The van der Waals surface area contributed by atoms with Gasteiger partial charge in [-0.05, 0) is 0 Å². The molecule has 5 nitrogen and oxygen atoms in total. The summed E-state index contributed by atoms with van der Waals surface area (Å²) in [5.74, 6) is 0. The van der Waals surface area contributed by atoms with E-state index in [0.29, 0.717) is 0 Å². The van der Waals surface area contributed by atoms with Crippen LogP contribution in [0.25, 0.3) is 0 Å². The summed E-state index contributed by atoms with van der Waals surface area (Å²) in [5.41, 5.74) is 0. The summed E-state index contributed by atoms with van der Waals surface area (Å²) in [7, 11) is 0. The predicted molar refractivity (Wildman–Crippen MR) is 20.6 cm³/mol. The van der Waals surface area contributed by atoms with Crippen molar-refractivity contribution < 1.29 is 66.2 Å². The first-order valence-corrected chi connectivity index (χ1v) is 1.60. The first-order valence-electron chi connectivity index (χ1n) is 0.532. The summed E-state index contributed by atoms with van der Waals surface area (Å²) >= 11 is -2.61. The Hall–Kier alpha value is 1.28. The van der Waals surface area contributed by atoms with E-state index in [1.54, 1.807) is 0 Å². The van der Waals surface area contributed by atoms with Gasteiger partial charge in [-0.1, -0.05) is 0 Å². The fraction of sp³-hybridized carbons (Fsp3) is 0. The molecule has 0 aromatic rings. The van der Waals surface area contributed by atoms with Gasteiger partial charge in [-0.15, -0.1) is 0 Å². The third-order valence-electron chi connectivity index (χ3n) is 0. The first-order chi connectivity index (χ1) is 1.73. The van der Waals surface area contributed by atoms with Crippen molar-refractivity contribution in [3.05, 3.63) is 0 Å². The number of rotatable bonds is 0. The van der Waals surface area contributed by atoms with Crippen LogP contribution in [0.5, 0.6) is 0 Å². The van der Waals surface area contributed by atoms with E-state index in [0.717, 1.165) is 0 Å². The molecule has 0 aromatic heterocycles. The molecule has 0 saturated carbocycles. The molecule has 0 fully saturated rings. The summed E-state index contributed by atoms with van der Waals surface area (Å²) < 4.78 is 22.8. The van der Waals surface area contributed by atoms with Gasteiger partial charge >= 0.3 is 29.6 Å². The molecule has 0 aromatic carbocycles. The normalized spacial score (nSPS) is 4.38. The van der Waals surface area contributed by atoms with Gasteiger partial charge in [0.25, 0.3) is 11.4 Å². The fourth-order valence-electron chi connectivity index (χ4n) is 0. The molecule has 0 amide bonds. The summed E-state index contributed by atoms with van der Waals surface area (Å²) in [5, 5.41) is 0. The molecule has 0 radical (unpaired) electrons. The van der Waals surface area contributed by atoms with Gasteiger partial charge in [0.2, 0.25) is 0 Å².